The second-order valence-corrected chi connectivity index (χ2v) is 5.99. The van der Waals surface area contributed by atoms with Crippen molar-refractivity contribution in [3.8, 4) is 0 Å². The van der Waals surface area contributed by atoms with Crippen LogP contribution in [0.1, 0.15) is 32.8 Å². The highest BCUT2D eigenvalue weighted by atomic mass is 35.5. The van der Waals surface area contributed by atoms with E-state index in [1.165, 1.54) is 0 Å². The summed E-state index contributed by atoms with van der Waals surface area (Å²) in [6, 6.07) is 7.57. The third-order valence-electron chi connectivity index (χ3n) is 3.27. The van der Waals surface area contributed by atoms with Gasteiger partial charge in [0.2, 0.25) is 0 Å². The van der Waals surface area contributed by atoms with Crippen LogP contribution in [-0.4, -0.2) is 32.3 Å². The monoisotopic (exact) mass is 312 g/mol. The zero-order valence-electron chi connectivity index (χ0n) is 13.0. The summed E-state index contributed by atoms with van der Waals surface area (Å²) in [6.07, 6.45) is 0.821. The van der Waals surface area contributed by atoms with Gasteiger partial charge >= 0.3 is 6.03 Å². The summed E-state index contributed by atoms with van der Waals surface area (Å²) in [6.45, 7) is 8.70. The molecule has 0 atom stereocenters. The second-order valence-electron chi connectivity index (χ2n) is 5.55. The summed E-state index contributed by atoms with van der Waals surface area (Å²) in [5.41, 5.74) is 0.997. The number of hydrogen-bond donors (Lipinski definition) is 2. The van der Waals surface area contributed by atoms with Gasteiger partial charge in [0, 0.05) is 36.7 Å². The van der Waals surface area contributed by atoms with E-state index in [4.69, 9.17) is 16.3 Å². The Labute approximate surface area is 132 Å². The molecule has 5 heteroatoms. The minimum Gasteiger partial charge on any atom is -0.382 e. The topological polar surface area (TPSA) is 50.4 Å². The van der Waals surface area contributed by atoms with Gasteiger partial charge in [0.1, 0.15) is 0 Å². The average Bonchev–Trinajstić information content (AvgIpc) is 2.45. The van der Waals surface area contributed by atoms with Crippen molar-refractivity contribution >= 4 is 17.6 Å². The molecule has 2 amide bonds. The largest absolute Gasteiger partial charge is 0.382 e. The first-order valence-corrected chi connectivity index (χ1v) is 7.69. The predicted octanol–water partition coefficient (Wildman–Crippen LogP) is 3.34. The number of carbonyl (C=O) groups excluding carboxylic acids is 1. The number of halogens is 1. The van der Waals surface area contributed by atoms with E-state index in [0.29, 0.717) is 26.3 Å². The Morgan fingerprint density at radius 3 is 2.52 bits per heavy atom. The lowest BCUT2D eigenvalue weighted by Gasteiger charge is -2.25. The van der Waals surface area contributed by atoms with Gasteiger partial charge in [0.15, 0.2) is 0 Å². The number of hydrogen-bond acceptors (Lipinski definition) is 2. The molecule has 0 spiro atoms. The van der Waals surface area contributed by atoms with Crippen molar-refractivity contribution in [1.82, 2.24) is 10.6 Å². The summed E-state index contributed by atoms with van der Waals surface area (Å²) >= 11 is 5.89. The molecule has 0 saturated heterocycles. The number of ether oxygens (including phenoxy) is 1. The van der Waals surface area contributed by atoms with Crippen molar-refractivity contribution in [2.24, 2.45) is 0 Å². The fourth-order valence-corrected chi connectivity index (χ4v) is 2.01. The lowest BCUT2D eigenvalue weighted by molar-refractivity contribution is 0.145. The standard InChI is InChI=1S/C16H25ClN2O2/c1-4-21-11-5-10-18-15(20)19-12-16(2,3)13-6-8-14(17)9-7-13/h6-9H,4-5,10-12H2,1-3H3,(H2,18,19,20). The molecule has 1 rings (SSSR count). The van der Waals surface area contributed by atoms with Gasteiger partial charge in [-0.25, -0.2) is 4.79 Å². The van der Waals surface area contributed by atoms with E-state index < -0.39 is 0 Å². The fraction of sp³-hybridized carbons (Fsp3) is 0.562. The van der Waals surface area contributed by atoms with Crippen molar-refractivity contribution < 1.29 is 9.53 Å². The summed E-state index contributed by atoms with van der Waals surface area (Å²) in [4.78, 5) is 11.7. The number of nitrogens with one attached hydrogen (secondary N) is 2. The van der Waals surface area contributed by atoms with Crippen LogP contribution in [0, 0.1) is 0 Å². The fourth-order valence-electron chi connectivity index (χ4n) is 1.89. The minimum atomic E-state index is -0.146. The third-order valence-corrected chi connectivity index (χ3v) is 3.52. The van der Waals surface area contributed by atoms with E-state index in [9.17, 15) is 4.79 Å². The Kier molecular flexibility index (Phi) is 7.54. The molecule has 0 aliphatic carbocycles. The Hall–Kier alpha value is -1.26. The number of carbonyl (C=O) groups is 1. The van der Waals surface area contributed by atoms with E-state index in [1.807, 2.05) is 31.2 Å². The minimum absolute atomic E-state index is 0.145. The van der Waals surface area contributed by atoms with Gasteiger partial charge in [-0.15, -0.1) is 0 Å². The normalized spacial score (nSPS) is 11.2. The predicted molar refractivity (Wildman–Crippen MR) is 87.0 cm³/mol. The van der Waals surface area contributed by atoms with Gasteiger partial charge in [0.05, 0.1) is 0 Å². The first-order valence-electron chi connectivity index (χ1n) is 7.31. The maximum atomic E-state index is 11.7. The van der Waals surface area contributed by atoms with Crippen LogP contribution in [-0.2, 0) is 10.2 Å². The molecule has 0 aromatic heterocycles. The summed E-state index contributed by atoms with van der Waals surface area (Å²) in [5, 5.41) is 6.44. The van der Waals surface area contributed by atoms with E-state index >= 15 is 0 Å². The smallest absolute Gasteiger partial charge is 0.314 e. The molecule has 1 aromatic carbocycles. The molecule has 0 unspecified atom stereocenters. The van der Waals surface area contributed by atoms with Gasteiger partial charge in [-0.05, 0) is 31.0 Å². The summed E-state index contributed by atoms with van der Waals surface area (Å²) < 4.78 is 5.21. The average molecular weight is 313 g/mol. The second kappa shape index (κ2) is 8.90. The zero-order chi connectivity index (χ0) is 15.7. The highest BCUT2D eigenvalue weighted by Crippen LogP contribution is 2.23. The quantitative estimate of drug-likeness (QED) is 0.723. The number of rotatable bonds is 8. The Morgan fingerprint density at radius 2 is 1.90 bits per heavy atom. The van der Waals surface area contributed by atoms with Gasteiger partial charge < -0.3 is 15.4 Å². The molecule has 0 fully saturated rings. The molecular weight excluding hydrogens is 288 g/mol. The number of urea groups is 1. The lowest BCUT2D eigenvalue weighted by atomic mass is 9.85. The molecule has 1 aromatic rings. The molecule has 0 heterocycles. The molecule has 0 aliphatic rings. The molecule has 0 bridgehead atoms. The van der Waals surface area contributed by atoms with Gasteiger partial charge in [-0.3, -0.25) is 0 Å². The van der Waals surface area contributed by atoms with Crippen molar-refractivity contribution in [2.45, 2.75) is 32.6 Å². The van der Waals surface area contributed by atoms with Crippen LogP contribution in [0.5, 0.6) is 0 Å². The molecule has 0 radical (unpaired) electrons. The Morgan fingerprint density at radius 1 is 1.24 bits per heavy atom. The van der Waals surface area contributed by atoms with Crippen LogP contribution in [0.3, 0.4) is 0 Å². The highest BCUT2D eigenvalue weighted by Gasteiger charge is 2.21. The van der Waals surface area contributed by atoms with Crippen LogP contribution < -0.4 is 10.6 Å². The first-order chi connectivity index (χ1) is 9.95. The van der Waals surface area contributed by atoms with Gasteiger partial charge in [0.25, 0.3) is 0 Å². The Balaban J connectivity index is 2.32. The van der Waals surface area contributed by atoms with Gasteiger partial charge in [-0.1, -0.05) is 37.6 Å². The number of benzene rings is 1. The molecule has 21 heavy (non-hydrogen) atoms. The Bertz CT molecular complexity index is 432. The summed E-state index contributed by atoms with van der Waals surface area (Å²) in [7, 11) is 0. The lowest BCUT2D eigenvalue weighted by Crippen LogP contribution is -2.42. The van der Waals surface area contributed by atoms with Crippen LogP contribution in [0.2, 0.25) is 5.02 Å². The van der Waals surface area contributed by atoms with Crippen LogP contribution in [0.15, 0.2) is 24.3 Å². The maximum absolute atomic E-state index is 11.7. The molecule has 0 aliphatic heterocycles. The van der Waals surface area contributed by atoms with Crippen molar-refractivity contribution in [3.05, 3.63) is 34.9 Å². The van der Waals surface area contributed by atoms with Crippen LogP contribution in [0.4, 0.5) is 4.79 Å². The van der Waals surface area contributed by atoms with E-state index in [1.54, 1.807) is 0 Å². The summed E-state index contributed by atoms with van der Waals surface area (Å²) in [5.74, 6) is 0. The van der Waals surface area contributed by atoms with Crippen LogP contribution >= 0.6 is 11.6 Å². The van der Waals surface area contributed by atoms with Crippen molar-refractivity contribution in [2.75, 3.05) is 26.3 Å². The van der Waals surface area contributed by atoms with E-state index in [0.717, 1.165) is 17.0 Å². The molecule has 4 nitrogen and oxygen atoms in total. The molecular formula is C16H25ClN2O2. The zero-order valence-corrected chi connectivity index (χ0v) is 13.8. The third kappa shape index (κ3) is 6.82. The molecule has 2 N–H and O–H groups in total. The number of amides is 2. The highest BCUT2D eigenvalue weighted by molar-refractivity contribution is 6.30. The van der Waals surface area contributed by atoms with Crippen LogP contribution in [0.25, 0.3) is 0 Å². The molecule has 118 valence electrons. The van der Waals surface area contributed by atoms with Gasteiger partial charge in [-0.2, -0.15) is 0 Å². The van der Waals surface area contributed by atoms with Crippen molar-refractivity contribution in [3.63, 3.8) is 0 Å². The van der Waals surface area contributed by atoms with Crippen molar-refractivity contribution in [1.29, 1.82) is 0 Å². The van der Waals surface area contributed by atoms with E-state index in [-0.39, 0.29) is 11.4 Å². The maximum Gasteiger partial charge on any atom is 0.314 e. The first kappa shape index (κ1) is 17.8. The van der Waals surface area contributed by atoms with E-state index in [2.05, 4.69) is 24.5 Å². The molecule has 0 saturated carbocycles. The SMILES string of the molecule is CCOCCCNC(=O)NCC(C)(C)c1ccc(Cl)cc1.